The minimum absolute atomic E-state index is 0.139. The van der Waals surface area contributed by atoms with Gasteiger partial charge in [0.15, 0.2) is 6.54 Å². The number of thioether (sulfide) groups is 1. The number of benzene rings is 2. The third-order valence-corrected chi connectivity index (χ3v) is 8.75. The number of carbonyl (C=O) groups is 1. The van der Waals surface area contributed by atoms with Gasteiger partial charge in [-0.15, -0.1) is 0 Å². The van der Waals surface area contributed by atoms with Gasteiger partial charge in [-0.25, -0.2) is 4.89 Å². The number of aromatic nitrogens is 1. The molecule has 2 aromatic carbocycles. The molecule has 0 saturated heterocycles. The van der Waals surface area contributed by atoms with Crippen LogP contribution in [0.3, 0.4) is 0 Å². The van der Waals surface area contributed by atoms with Gasteiger partial charge in [0.25, 0.3) is 5.01 Å². The van der Waals surface area contributed by atoms with E-state index >= 15 is 0 Å². The van der Waals surface area contributed by atoms with Crippen molar-refractivity contribution in [2.75, 3.05) is 18.1 Å². The van der Waals surface area contributed by atoms with Gasteiger partial charge in [0.1, 0.15) is 4.70 Å². The Bertz CT molecular complexity index is 1360. The van der Waals surface area contributed by atoms with Gasteiger partial charge in [-0.05, 0) is 61.2 Å². The molecule has 0 spiro atoms. The van der Waals surface area contributed by atoms with E-state index < -0.39 is 11.9 Å². The van der Waals surface area contributed by atoms with Gasteiger partial charge < -0.3 is 10.0 Å². The third kappa shape index (κ3) is 6.26. The molecule has 2 heterocycles. The highest BCUT2D eigenvalue weighted by atomic mass is 32.2. The predicted octanol–water partition coefficient (Wildman–Crippen LogP) is 6.90. The van der Waals surface area contributed by atoms with Crippen LogP contribution < -0.4 is 9.47 Å². The Kier molecular flexibility index (Phi) is 8.75. The number of hydrogen-bond acceptors (Lipinski definition) is 6. The molecular weight excluding hydrogens is 504 g/mol. The van der Waals surface area contributed by atoms with Crippen molar-refractivity contribution in [3.8, 4) is 0 Å². The summed E-state index contributed by atoms with van der Waals surface area (Å²) in [5, 5.41) is 20.8. The number of hydrogen-bond donors (Lipinski definition) is 2. The van der Waals surface area contributed by atoms with Gasteiger partial charge in [0, 0.05) is 29.5 Å². The maximum atomic E-state index is 11.7. The topological polar surface area (TPSA) is 73.9 Å². The summed E-state index contributed by atoms with van der Waals surface area (Å²) in [6, 6.07) is 12.9. The number of thiazole rings is 1. The minimum atomic E-state index is -0.792. The molecule has 8 heteroatoms. The average molecular weight is 540 g/mol. The van der Waals surface area contributed by atoms with Crippen LogP contribution in [0.5, 0.6) is 0 Å². The van der Waals surface area contributed by atoms with E-state index in [0.717, 1.165) is 39.1 Å². The lowest BCUT2D eigenvalue weighted by Crippen LogP contribution is -2.39. The molecule has 2 atom stereocenters. The van der Waals surface area contributed by atoms with Crippen molar-refractivity contribution in [3.63, 3.8) is 0 Å². The maximum Gasteiger partial charge on any atom is 0.308 e. The Morgan fingerprint density at radius 1 is 1.16 bits per heavy atom. The largest absolute Gasteiger partial charge is 0.481 e. The van der Waals surface area contributed by atoms with Crippen molar-refractivity contribution in [1.82, 2.24) is 0 Å². The number of aryl methyl sites for hydroxylation is 2. The molecule has 196 valence electrons. The second-order valence-electron chi connectivity index (χ2n) is 9.90. The Labute approximate surface area is 226 Å². The molecule has 0 aliphatic carbocycles. The lowest BCUT2D eigenvalue weighted by atomic mass is 10.1. The zero-order valence-corrected chi connectivity index (χ0v) is 23.7. The Balaban J connectivity index is 1.76. The van der Waals surface area contributed by atoms with Crippen LogP contribution in [0.15, 0.2) is 58.0 Å². The summed E-state index contributed by atoms with van der Waals surface area (Å²) in [6.45, 7) is 11.6. The van der Waals surface area contributed by atoms with E-state index in [0.29, 0.717) is 6.54 Å². The number of allylic oxidation sites excluding steroid dienone is 2. The standard InChI is InChI=1S/C29H34N2O4S2/c1-6-22(13-27-30(15-20(4)17-35-34)23-11-18(2)7-9-25(23)36-27)14-28-31(16-21(5)29(32)33)24-12-19(3)8-10-26(24)37-28/h7-14,20-21H,6,15-17H2,1-5H3,(H-,32,33,34)/p+1. The van der Waals surface area contributed by atoms with Crippen LogP contribution in [-0.2, 0) is 16.2 Å². The lowest BCUT2D eigenvalue weighted by molar-refractivity contribution is -0.676. The van der Waals surface area contributed by atoms with Crippen molar-refractivity contribution in [3.05, 3.63) is 69.2 Å². The van der Waals surface area contributed by atoms with Crippen LogP contribution >= 0.6 is 23.1 Å². The summed E-state index contributed by atoms with van der Waals surface area (Å²) in [4.78, 5) is 19.4. The molecule has 3 aromatic rings. The van der Waals surface area contributed by atoms with Crippen LogP contribution in [0.25, 0.3) is 16.3 Å². The van der Waals surface area contributed by atoms with Gasteiger partial charge in [0.05, 0.1) is 23.2 Å². The van der Waals surface area contributed by atoms with Crippen LogP contribution in [0.1, 0.15) is 43.3 Å². The van der Waals surface area contributed by atoms with Gasteiger partial charge >= 0.3 is 5.97 Å². The van der Waals surface area contributed by atoms with E-state index in [2.05, 4.69) is 90.6 Å². The second kappa shape index (κ2) is 11.8. The first kappa shape index (κ1) is 27.4. The number of carboxylic acids is 1. The smallest absolute Gasteiger partial charge is 0.308 e. The van der Waals surface area contributed by atoms with Crippen LogP contribution in [0.4, 0.5) is 5.69 Å². The van der Waals surface area contributed by atoms with Crippen LogP contribution in [0.2, 0.25) is 0 Å². The summed E-state index contributed by atoms with van der Waals surface area (Å²) in [5.74, 6) is -1.15. The van der Waals surface area contributed by atoms with Crippen molar-refractivity contribution in [2.45, 2.75) is 52.5 Å². The molecule has 0 radical (unpaired) electrons. The zero-order chi connectivity index (χ0) is 26.7. The van der Waals surface area contributed by atoms with E-state index in [1.807, 2.05) is 0 Å². The van der Waals surface area contributed by atoms with Crippen molar-refractivity contribution in [1.29, 1.82) is 0 Å². The van der Waals surface area contributed by atoms with Gasteiger partial charge in [-0.3, -0.25) is 10.1 Å². The monoisotopic (exact) mass is 539 g/mol. The first-order valence-corrected chi connectivity index (χ1v) is 14.2. The Morgan fingerprint density at radius 3 is 2.59 bits per heavy atom. The van der Waals surface area contributed by atoms with E-state index in [1.54, 1.807) is 30.0 Å². The molecule has 6 nitrogen and oxygen atoms in total. The molecule has 1 aliphatic rings. The molecule has 4 rings (SSSR count). The summed E-state index contributed by atoms with van der Waals surface area (Å²) in [6.07, 6.45) is 5.28. The van der Waals surface area contributed by atoms with Crippen LogP contribution in [-0.4, -0.2) is 29.5 Å². The summed E-state index contributed by atoms with van der Waals surface area (Å²) < 4.78 is 3.53. The van der Waals surface area contributed by atoms with E-state index in [1.165, 1.54) is 21.4 Å². The molecular formula is C29H35N2O4S2+. The van der Waals surface area contributed by atoms with Crippen molar-refractivity contribution in [2.24, 2.45) is 11.8 Å². The van der Waals surface area contributed by atoms with E-state index in [9.17, 15) is 9.90 Å². The molecule has 0 fully saturated rings. The highest BCUT2D eigenvalue weighted by Gasteiger charge is 2.29. The van der Waals surface area contributed by atoms with Gasteiger partial charge in [-0.1, -0.05) is 56.0 Å². The quantitative estimate of drug-likeness (QED) is 0.166. The zero-order valence-electron chi connectivity index (χ0n) is 22.0. The molecule has 0 bridgehead atoms. The SMILES string of the molecule is CCC(=Cc1sc2ccc(C)cc2[n+]1CC(C)COO)C=C1Sc2ccc(C)cc2N1CC(C)C(=O)O. The highest BCUT2D eigenvalue weighted by Crippen LogP contribution is 2.47. The predicted molar refractivity (Wildman–Crippen MR) is 152 cm³/mol. The second-order valence-corrected chi connectivity index (χ2v) is 12.0. The summed E-state index contributed by atoms with van der Waals surface area (Å²) in [5.41, 5.74) is 5.78. The first-order valence-electron chi connectivity index (χ1n) is 12.6. The normalized spacial score (nSPS) is 16.4. The molecule has 0 saturated carbocycles. The van der Waals surface area contributed by atoms with E-state index in [4.69, 9.17) is 5.26 Å². The Morgan fingerprint density at radius 2 is 1.89 bits per heavy atom. The Hall–Kier alpha value is -2.65. The fraction of sp³-hybridized carbons (Fsp3) is 0.379. The summed E-state index contributed by atoms with van der Waals surface area (Å²) in [7, 11) is 0. The van der Waals surface area contributed by atoms with Crippen molar-refractivity contribution >= 4 is 51.0 Å². The van der Waals surface area contributed by atoms with Crippen molar-refractivity contribution < 1.29 is 24.6 Å². The molecule has 2 unspecified atom stereocenters. The number of anilines is 1. The van der Waals surface area contributed by atoms with Gasteiger partial charge in [-0.2, -0.15) is 4.57 Å². The fourth-order valence-electron chi connectivity index (χ4n) is 4.42. The van der Waals surface area contributed by atoms with Gasteiger partial charge in [0.2, 0.25) is 5.52 Å². The number of nitrogens with zero attached hydrogens (tertiary/aromatic N) is 2. The molecule has 0 amide bonds. The first-order chi connectivity index (χ1) is 17.7. The molecule has 37 heavy (non-hydrogen) atoms. The number of fused-ring (bicyclic) bond motifs is 2. The molecule has 1 aliphatic heterocycles. The number of rotatable bonds is 10. The fourth-order valence-corrected chi connectivity index (χ4v) is 6.68. The molecule has 2 N–H and O–H groups in total. The minimum Gasteiger partial charge on any atom is -0.481 e. The third-order valence-electron chi connectivity index (χ3n) is 6.53. The number of aliphatic carboxylic acids is 1. The summed E-state index contributed by atoms with van der Waals surface area (Å²) >= 11 is 3.45. The highest BCUT2D eigenvalue weighted by molar-refractivity contribution is 8.03. The average Bonchev–Trinajstić information content (AvgIpc) is 3.35. The number of carboxylic acid groups (broad SMARTS) is 1. The van der Waals surface area contributed by atoms with Crippen LogP contribution in [0, 0.1) is 25.7 Å². The molecule has 1 aromatic heterocycles. The lowest BCUT2D eigenvalue weighted by Gasteiger charge is -2.23. The van der Waals surface area contributed by atoms with E-state index in [-0.39, 0.29) is 12.5 Å². The maximum absolute atomic E-state index is 11.7.